The van der Waals surface area contributed by atoms with Crippen LogP contribution in [0.25, 0.3) is 0 Å². The van der Waals surface area contributed by atoms with Crippen LogP contribution in [0, 0.1) is 5.92 Å². The average molecular weight is 325 g/mol. The Kier molecular flexibility index (Phi) is 5.58. The highest BCUT2D eigenvalue weighted by Gasteiger charge is 2.24. The van der Waals surface area contributed by atoms with Crippen LogP contribution in [0.5, 0.6) is 0 Å². The molecule has 1 aromatic carbocycles. The number of aliphatic carboxylic acids is 1. The molecule has 4 nitrogen and oxygen atoms in total. The van der Waals surface area contributed by atoms with E-state index in [1.807, 2.05) is 35.7 Å². The molecule has 1 amide bonds. The molecule has 21 heavy (non-hydrogen) atoms. The van der Waals surface area contributed by atoms with Crippen molar-refractivity contribution in [2.75, 3.05) is 11.5 Å². The minimum atomic E-state index is -1.01. The fraction of sp³-hybridized carbons (Fsp3) is 0.467. The number of carboxylic acids is 1. The molecule has 2 N–H and O–H groups in total. The van der Waals surface area contributed by atoms with Crippen LogP contribution in [0.4, 0.5) is 0 Å². The Balaban J connectivity index is 2.03. The van der Waals surface area contributed by atoms with E-state index in [-0.39, 0.29) is 11.8 Å². The second-order valence-electron chi connectivity index (χ2n) is 5.23. The fourth-order valence-electron chi connectivity index (χ4n) is 2.08. The van der Waals surface area contributed by atoms with Crippen LogP contribution in [0.1, 0.15) is 34.4 Å². The van der Waals surface area contributed by atoms with E-state index in [4.69, 9.17) is 5.11 Å². The summed E-state index contributed by atoms with van der Waals surface area (Å²) in [6.07, 6.45) is 0. The van der Waals surface area contributed by atoms with Crippen LogP contribution < -0.4 is 5.32 Å². The smallest absolute Gasteiger partial charge is 0.326 e. The van der Waals surface area contributed by atoms with Gasteiger partial charge in [0.15, 0.2) is 0 Å². The molecule has 1 aromatic rings. The molecule has 0 spiro atoms. The van der Waals surface area contributed by atoms with E-state index in [9.17, 15) is 9.59 Å². The van der Waals surface area contributed by atoms with Crippen molar-refractivity contribution < 1.29 is 14.7 Å². The minimum absolute atomic E-state index is 0.156. The van der Waals surface area contributed by atoms with Crippen molar-refractivity contribution in [1.29, 1.82) is 0 Å². The zero-order valence-electron chi connectivity index (χ0n) is 12.0. The fourth-order valence-corrected chi connectivity index (χ4v) is 4.94. The number of benzene rings is 1. The molecule has 1 unspecified atom stereocenters. The van der Waals surface area contributed by atoms with Crippen molar-refractivity contribution in [3.63, 3.8) is 0 Å². The van der Waals surface area contributed by atoms with Gasteiger partial charge in [0, 0.05) is 17.1 Å². The monoisotopic (exact) mass is 325 g/mol. The van der Waals surface area contributed by atoms with Crippen LogP contribution in [0.2, 0.25) is 0 Å². The van der Waals surface area contributed by atoms with E-state index < -0.39 is 12.0 Å². The second-order valence-corrected chi connectivity index (χ2v) is 7.95. The van der Waals surface area contributed by atoms with Crippen molar-refractivity contribution in [3.05, 3.63) is 35.4 Å². The van der Waals surface area contributed by atoms with Crippen LogP contribution in [-0.2, 0) is 4.79 Å². The number of carbonyl (C=O) groups is 2. The predicted molar refractivity (Wildman–Crippen MR) is 87.8 cm³/mol. The summed E-state index contributed by atoms with van der Waals surface area (Å²) in [6.45, 7) is 3.55. The molecule has 1 aliphatic rings. The summed E-state index contributed by atoms with van der Waals surface area (Å²) >= 11 is 3.83. The van der Waals surface area contributed by atoms with Gasteiger partial charge in [0.1, 0.15) is 6.04 Å². The summed E-state index contributed by atoms with van der Waals surface area (Å²) in [5, 5.41) is 11.7. The zero-order chi connectivity index (χ0) is 15.4. The predicted octanol–water partition coefficient (Wildman–Crippen LogP) is 3.00. The lowest BCUT2D eigenvalue weighted by molar-refractivity contribution is -0.140. The first-order valence-corrected chi connectivity index (χ1v) is 8.95. The number of carbonyl (C=O) groups excluding carboxylic acids is 1. The third kappa shape index (κ3) is 4.17. The van der Waals surface area contributed by atoms with E-state index in [2.05, 4.69) is 5.32 Å². The Labute approximate surface area is 133 Å². The molecular weight excluding hydrogens is 306 g/mol. The number of hydrogen-bond donors (Lipinski definition) is 2. The van der Waals surface area contributed by atoms with Gasteiger partial charge in [-0.25, -0.2) is 4.79 Å². The highest BCUT2D eigenvalue weighted by molar-refractivity contribution is 8.19. The van der Waals surface area contributed by atoms with Gasteiger partial charge < -0.3 is 10.4 Å². The quantitative estimate of drug-likeness (QED) is 0.871. The van der Waals surface area contributed by atoms with Crippen molar-refractivity contribution in [2.24, 2.45) is 5.92 Å². The molecule has 0 radical (unpaired) electrons. The molecule has 1 saturated heterocycles. The maximum Gasteiger partial charge on any atom is 0.326 e. The molecule has 1 atom stereocenters. The van der Waals surface area contributed by atoms with E-state index in [1.54, 1.807) is 26.0 Å². The summed E-state index contributed by atoms with van der Waals surface area (Å²) in [4.78, 5) is 23.2. The molecule has 0 saturated carbocycles. The number of hydrogen-bond acceptors (Lipinski definition) is 4. The van der Waals surface area contributed by atoms with Crippen molar-refractivity contribution in [2.45, 2.75) is 24.5 Å². The topological polar surface area (TPSA) is 66.4 Å². The normalized spacial score (nSPS) is 16.9. The number of amides is 1. The highest BCUT2D eigenvalue weighted by Crippen LogP contribution is 2.45. The van der Waals surface area contributed by atoms with Gasteiger partial charge in [-0.15, -0.1) is 23.5 Å². The van der Waals surface area contributed by atoms with E-state index >= 15 is 0 Å². The molecule has 0 aromatic heterocycles. The summed E-state index contributed by atoms with van der Waals surface area (Å²) in [6, 6.07) is 6.58. The molecule has 6 heteroatoms. The SMILES string of the molecule is CC(C)C(NC(=O)c1ccc(C2SCCS2)cc1)C(=O)O. The van der Waals surface area contributed by atoms with Crippen molar-refractivity contribution in [1.82, 2.24) is 5.32 Å². The molecule has 2 rings (SSSR count). The average Bonchev–Trinajstić information content (AvgIpc) is 2.98. The van der Waals surface area contributed by atoms with E-state index in [0.717, 1.165) is 11.5 Å². The van der Waals surface area contributed by atoms with Gasteiger partial charge in [0.2, 0.25) is 0 Å². The van der Waals surface area contributed by atoms with E-state index in [1.165, 1.54) is 5.56 Å². The first-order valence-electron chi connectivity index (χ1n) is 6.86. The van der Waals surface area contributed by atoms with Gasteiger partial charge in [-0.3, -0.25) is 4.79 Å². The molecule has 114 valence electrons. The Bertz CT molecular complexity index is 510. The molecule has 0 aliphatic carbocycles. The summed E-state index contributed by atoms with van der Waals surface area (Å²) < 4.78 is 0.449. The van der Waals surface area contributed by atoms with Crippen LogP contribution >= 0.6 is 23.5 Å². The minimum Gasteiger partial charge on any atom is -0.480 e. The standard InChI is InChI=1S/C15H19NO3S2/c1-9(2)12(14(18)19)16-13(17)10-3-5-11(6-4-10)15-20-7-8-21-15/h3-6,9,12,15H,7-8H2,1-2H3,(H,16,17)(H,18,19). The maximum absolute atomic E-state index is 12.1. The number of carboxylic acid groups (broad SMARTS) is 1. The Morgan fingerprint density at radius 2 is 1.76 bits per heavy atom. The van der Waals surface area contributed by atoms with Crippen LogP contribution in [-0.4, -0.2) is 34.5 Å². The lowest BCUT2D eigenvalue weighted by atomic mass is 10.0. The summed E-state index contributed by atoms with van der Waals surface area (Å²) in [5.41, 5.74) is 1.70. The van der Waals surface area contributed by atoms with Gasteiger partial charge in [-0.05, 0) is 23.6 Å². The molecule has 1 heterocycles. The second kappa shape index (κ2) is 7.22. The Morgan fingerprint density at radius 1 is 1.19 bits per heavy atom. The first-order chi connectivity index (χ1) is 9.99. The van der Waals surface area contributed by atoms with Crippen LogP contribution in [0.3, 0.4) is 0 Å². The third-order valence-corrected chi connectivity index (χ3v) is 6.39. The van der Waals surface area contributed by atoms with Gasteiger partial charge >= 0.3 is 5.97 Å². The molecular formula is C15H19NO3S2. The van der Waals surface area contributed by atoms with Crippen LogP contribution in [0.15, 0.2) is 24.3 Å². The van der Waals surface area contributed by atoms with Crippen molar-refractivity contribution >= 4 is 35.4 Å². The third-order valence-electron chi connectivity index (χ3n) is 3.29. The lowest BCUT2D eigenvalue weighted by Gasteiger charge is -2.18. The summed E-state index contributed by atoms with van der Waals surface area (Å²) in [5.74, 6) is 0.818. The van der Waals surface area contributed by atoms with Crippen molar-refractivity contribution in [3.8, 4) is 0 Å². The maximum atomic E-state index is 12.1. The van der Waals surface area contributed by atoms with Gasteiger partial charge in [-0.2, -0.15) is 0 Å². The Morgan fingerprint density at radius 3 is 2.24 bits per heavy atom. The lowest BCUT2D eigenvalue weighted by Crippen LogP contribution is -2.44. The molecule has 0 bridgehead atoms. The number of thioether (sulfide) groups is 2. The van der Waals surface area contributed by atoms with Gasteiger partial charge in [-0.1, -0.05) is 26.0 Å². The zero-order valence-corrected chi connectivity index (χ0v) is 13.7. The summed E-state index contributed by atoms with van der Waals surface area (Å²) in [7, 11) is 0. The van der Waals surface area contributed by atoms with Gasteiger partial charge in [0.25, 0.3) is 5.91 Å². The number of rotatable bonds is 5. The molecule has 1 aliphatic heterocycles. The Hall–Kier alpha value is -1.14. The first kappa shape index (κ1) is 16.2. The number of nitrogens with one attached hydrogen (secondary N) is 1. The highest BCUT2D eigenvalue weighted by atomic mass is 32.2. The largest absolute Gasteiger partial charge is 0.480 e. The van der Waals surface area contributed by atoms with Gasteiger partial charge in [0.05, 0.1) is 4.58 Å². The van der Waals surface area contributed by atoms with E-state index in [0.29, 0.717) is 10.1 Å². The molecule has 1 fully saturated rings.